The number of anilines is 2. The predicted molar refractivity (Wildman–Crippen MR) is 92.7 cm³/mol. The minimum absolute atomic E-state index is 0.146. The van der Waals surface area contributed by atoms with E-state index in [1.807, 2.05) is 0 Å². The number of halogens is 1. The summed E-state index contributed by atoms with van der Waals surface area (Å²) >= 11 is 1.23. The Labute approximate surface area is 141 Å². The second kappa shape index (κ2) is 6.76. The second-order valence-electron chi connectivity index (χ2n) is 5.23. The first-order chi connectivity index (χ1) is 11.5. The van der Waals surface area contributed by atoms with Gasteiger partial charge in [-0.15, -0.1) is 0 Å². The molecule has 0 saturated carbocycles. The summed E-state index contributed by atoms with van der Waals surface area (Å²) in [6, 6.07) is 11.3. The lowest BCUT2D eigenvalue weighted by molar-refractivity contribution is -0.116. The molecule has 2 N–H and O–H groups in total. The lowest BCUT2D eigenvalue weighted by Crippen LogP contribution is -2.14. The van der Waals surface area contributed by atoms with Crippen LogP contribution in [0.5, 0.6) is 0 Å². The van der Waals surface area contributed by atoms with E-state index in [0.29, 0.717) is 21.0 Å². The van der Waals surface area contributed by atoms with Gasteiger partial charge in [0.1, 0.15) is 5.82 Å². The maximum atomic E-state index is 13.2. The molecule has 24 heavy (non-hydrogen) atoms. The number of benzene rings is 2. The molecule has 7 heteroatoms. The number of thiazole rings is 1. The van der Waals surface area contributed by atoms with E-state index in [1.165, 1.54) is 30.4 Å². The Morgan fingerprint density at radius 2 is 1.88 bits per heavy atom. The van der Waals surface area contributed by atoms with Crippen LogP contribution in [0.3, 0.4) is 0 Å². The smallest absolute Gasteiger partial charge is 0.230 e. The van der Waals surface area contributed by atoms with Gasteiger partial charge < -0.3 is 10.6 Å². The third kappa shape index (κ3) is 3.94. The van der Waals surface area contributed by atoms with Gasteiger partial charge in [0, 0.05) is 12.6 Å². The van der Waals surface area contributed by atoms with Crippen LogP contribution in [0.15, 0.2) is 42.5 Å². The van der Waals surface area contributed by atoms with Gasteiger partial charge in [-0.1, -0.05) is 23.5 Å². The SMILES string of the molecule is CC(=O)Nc1ccc(CC(=O)Nc2nc3ccc(F)cc3s2)cc1. The quantitative estimate of drug-likeness (QED) is 0.761. The molecule has 0 unspecified atom stereocenters. The topological polar surface area (TPSA) is 71.1 Å². The summed E-state index contributed by atoms with van der Waals surface area (Å²) in [6.07, 6.45) is 0.185. The fourth-order valence-corrected chi connectivity index (χ4v) is 3.12. The molecule has 0 aliphatic rings. The van der Waals surface area contributed by atoms with Crippen molar-refractivity contribution in [3.63, 3.8) is 0 Å². The van der Waals surface area contributed by atoms with E-state index >= 15 is 0 Å². The average molecular weight is 343 g/mol. The van der Waals surface area contributed by atoms with Crippen LogP contribution in [0, 0.1) is 5.82 Å². The number of amides is 2. The van der Waals surface area contributed by atoms with Crippen LogP contribution in [-0.2, 0) is 16.0 Å². The summed E-state index contributed by atoms with van der Waals surface area (Å²) in [5.74, 6) is -0.683. The highest BCUT2D eigenvalue weighted by Crippen LogP contribution is 2.26. The van der Waals surface area contributed by atoms with Crippen molar-refractivity contribution in [1.82, 2.24) is 4.98 Å². The van der Waals surface area contributed by atoms with E-state index in [1.54, 1.807) is 30.3 Å². The van der Waals surface area contributed by atoms with Crippen molar-refractivity contribution in [2.75, 3.05) is 10.6 Å². The number of carbonyl (C=O) groups excluding carboxylic acids is 2. The highest BCUT2D eigenvalue weighted by molar-refractivity contribution is 7.22. The number of nitrogens with one attached hydrogen (secondary N) is 2. The van der Waals surface area contributed by atoms with Gasteiger partial charge >= 0.3 is 0 Å². The largest absolute Gasteiger partial charge is 0.326 e. The number of nitrogens with zero attached hydrogens (tertiary/aromatic N) is 1. The predicted octanol–water partition coefficient (Wildman–Crippen LogP) is 3.58. The summed E-state index contributed by atoms with van der Waals surface area (Å²) in [5, 5.41) is 5.83. The normalized spacial score (nSPS) is 10.6. The molecule has 1 heterocycles. The van der Waals surface area contributed by atoms with E-state index in [9.17, 15) is 14.0 Å². The van der Waals surface area contributed by atoms with Gasteiger partial charge in [0.25, 0.3) is 0 Å². The first-order valence-electron chi connectivity index (χ1n) is 7.22. The molecule has 2 amide bonds. The third-order valence-electron chi connectivity index (χ3n) is 3.24. The molecule has 0 bridgehead atoms. The summed E-state index contributed by atoms with van der Waals surface area (Å²) in [7, 11) is 0. The Bertz CT molecular complexity index is 906. The Kier molecular flexibility index (Phi) is 4.52. The number of aromatic nitrogens is 1. The molecule has 122 valence electrons. The number of carbonyl (C=O) groups is 2. The lowest BCUT2D eigenvalue weighted by atomic mass is 10.1. The Hall–Kier alpha value is -2.80. The second-order valence-corrected chi connectivity index (χ2v) is 6.26. The molecule has 3 rings (SSSR count). The van der Waals surface area contributed by atoms with Crippen LogP contribution in [0.2, 0.25) is 0 Å². The molecule has 3 aromatic rings. The molecular formula is C17H14FN3O2S. The van der Waals surface area contributed by atoms with Crippen molar-refractivity contribution in [3.05, 3.63) is 53.8 Å². The van der Waals surface area contributed by atoms with Crippen LogP contribution in [0.25, 0.3) is 10.2 Å². The van der Waals surface area contributed by atoms with E-state index < -0.39 is 0 Å². The molecule has 2 aromatic carbocycles. The highest BCUT2D eigenvalue weighted by Gasteiger charge is 2.09. The zero-order chi connectivity index (χ0) is 17.1. The maximum absolute atomic E-state index is 13.2. The van der Waals surface area contributed by atoms with Gasteiger partial charge in [-0.3, -0.25) is 9.59 Å². The van der Waals surface area contributed by atoms with E-state index in [0.717, 1.165) is 5.56 Å². The van der Waals surface area contributed by atoms with E-state index in [2.05, 4.69) is 15.6 Å². The van der Waals surface area contributed by atoms with Crippen LogP contribution in [0.1, 0.15) is 12.5 Å². The minimum Gasteiger partial charge on any atom is -0.326 e. The monoisotopic (exact) mass is 343 g/mol. The summed E-state index contributed by atoms with van der Waals surface area (Å²) in [6.45, 7) is 1.44. The molecule has 5 nitrogen and oxygen atoms in total. The van der Waals surface area contributed by atoms with Crippen molar-refractivity contribution in [2.45, 2.75) is 13.3 Å². The molecular weight excluding hydrogens is 329 g/mol. The molecule has 0 radical (unpaired) electrons. The van der Waals surface area contributed by atoms with Crippen LogP contribution >= 0.6 is 11.3 Å². The van der Waals surface area contributed by atoms with Crippen LogP contribution in [0.4, 0.5) is 15.2 Å². The maximum Gasteiger partial charge on any atom is 0.230 e. The third-order valence-corrected chi connectivity index (χ3v) is 4.17. The van der Waals surface area contributed by atoms with Gasteiger partial charge in [0.2, 0.25) is 11.8 Å². The van der Waals surface area contributed by atoms with Crippen molar-refractivity contribution >= 4 is 44.2 Å². The summed E-state index contributed by atoms with van der Waals surface area (Å²) in [4.78, 5) is 27.3. The molecule has 1 aromatic heterocycles. The van der Waals surface area contributed by atoms with Crippen LogP contribution < -0.4 is 10.6 Å². The van der Waals surface area contributed by atoms with Crippen LogP contribution in [-0.4, -0.2) is 16.8 Å². The Morgan fingerprint density at radius 1 is 1.12 bits per heavy atom. The van der Waals surface area contributed by atoms with Gasteiger partial charge in [0.15, 0.2) is 5.13 Å². The molecule has 0 aliphatic heterocycles. The molecule has 0 aliphatic carbocycles. The van der Waals surface area contributed by atoms with E-state index in [4.69, 9.17) is 0 Å². The van der Waals surface area contributed by atoms with Gasteiger partial charge in [-0.2, -0.15) is 0 Å². The fourth-order valence-electron chi connectivity index (χ4n) is 2.21. The summed E-state index contributed by atoms with van der Waals surface area (Å²) in [5.41, 5.74) is 2.14. The standard InChI is InChI=1S/C17H14FN3O2S/c1-10(22)19-13-5-2-11(3-6-13)8-16(23)21-17-20-14-7-4-12(18)9-15(14)24-17/h2-7,9H,8H2,1H3,(H,19,22)(H,20,21,23). The first kappa shape index (κ1) is 16.1. The molecule has 0 fully saturated rings. The Morgan fingerprint density at radius 3 is 2.58 bits per heavy atom. The fraction of sp³-hybridized carbons (Fsp3) is 0.118. The summed E-state index contributed by atoms with van der Waals surface area (Å²) < 4.78 is 13.9. The average Bonchev–Trinajstić information content (AvgIpc) is 2.89. The molecule has 0 saturated heterocycles. The lowest BCUT2D eigenvalue weighted by Gasteiger charge is -2.04. The zero-order valence-electron chi connectivity index (χ0n) is 12.8. The number of hydrogen-bond acceptors (Lipinski definition) is 4. The van der Waals surface area contributed by atoms with Gasteiger partial charge in [-0.25, -0.2) is 9.37 Å². The van der Waals surface area contributed by atoms with Gasteiger partial charge in [0.05, 0.1) is 16.6 Å². The van der Waals surface area contributed by atoms with Crippen molar-refractivity contribution in [3.8, 4) is 0 Å². The number of rotatable bonds is 4. The van der Waals surface area contributed by atoms with Crippen molar-refractivity contribution in [2.24, 2.45) is 0 Å². The van der Waals surface area contributed by atoms with Gasteiger partial charge in [-0.05, 0) is 35.9 Å². The van der Waals surface area contributed by atoms with E-state index in [-0.39, 0.29) is 24.1 Å². The number of hydrogen-bond donors (Lipinski definition) is 2. The minimum atomic E-state index is -0.330. The van der Waals surface area contributed by atoms with Crippen molar-refractivity contribution in [1.29, 1.82) is 0 Å². The molecule has 0 spiro atoms. The Balaban J connectivity index is 1.64. The van der Waals surface area contributed by atoms with Crippen molar-refractivity contribution < 1.29 is 14.0 Å². The highest BCUT2D eigenvalue weighted by atomic mass is 32.1. The zero-order valence-corrected chi connectivity index (χ0v) is 13.6. The first-order valence-corrected chi connectivity index (χ1v) is 8.04. The molecule has 0 atom stereocenters. The number of fused-ring (bicyclic) bond motifs is 1.